The van der Waals surface area contributed by atoms with Crippen LogP contribution in [0.25, 0.3) is 0 Å². The molecule has 0 saturated heterocycles. The van der Waals surface area contributed by atoms with E-state index in [0.29, 0.717) is 18.9 Å². The SMILES string of the molecule is COCC(CO)NCc1cc(C)c(O)c(C)c1. The van der Waals surface area contributed by atoms with Gasteiger partial charge in [0.2, 0.25) is 0 Å². The maximum atomic E-state index is 9.66. The van der Waals surface area contributed by atoms with Gasteiger partial charge < -0.3 is 20.3 Å². The molecule has 1 unspecified atom stereocenters. The van der Waals surface area contributed by atoms with Gasteiger partial charge >= 0.3 is 0 Å². The average Bonchev–Trinajstić information content (AvgIpc) is 2.31. The molecule has 96 valence electrons. The number of phenolic OH excluding ortho intramolecular Hbond substituents is 1. The van der Waals surface area contributed by atoms with Crippen molar-refractivity contribution in [2.24, 2.45) is 0 Å². The van der Waals surface area contributed by atoms with E-state index in [4.69, 9.17) is 9.84 Å². The number of aliphatic hydroxyl groups excluding tert-OH is 1. The van der Waals surface area contributed by atoms with Gasteiger partial charge in [0.05, 0.1) is 19.3 Å². The Bertz CT molecular complexity index is 343. The summed E-state index contributed by atoms with van der Waals surface area (Å²) < 4.78 is 4.99. The highest BCUT2D eigenvalue weighted by molar-refractivity contribution is 5.42. The van der Waals surface area contributed by atoms with Crippen molar-refractivity contribution in [3.05, 3.63) is 28.8 Å². The molecular formula is C13H21NO3. The number of rotatable bonds is 6. The first-order valence-corrected chi connectivity index (χ1v) is 5.70. The molecule has 0 fully saturated rings. The van der Waals surface area contributed by atoms with Crippen LogP contribution in [-0.4, -0.2) is 36.6 Å². The van der Waals surface area contributed by atoms with E-state index >= 15 is 0 Å². The Morgan fingerprint density at radius 3 is 2.35 bits per heavy atom. The van der Waals surface area contributed by atoms with Gasteiger partial charge in [0.25, 0.3) is 0 Å². The fourth-order valence-corrected chi connectivity index (χ4v) is 1.79. The van der Waals surface area contributed by atoms with E-state index in [0.717, 1.165) is 16.7 Å². The average molecular weight is 239 g/mol. The number of benzene rings is 1. The van der Waals surface area contributed by atoms with Crippen molar-refractivity contribution in [3.63, 3.8) is 0 Å². The number of methoxy groups -OCH3 is 1. The Hall–Kier alpha value is -1.10. The third-order valence-corrected chi connectivity index (χ3v) is 2.73. The van der Waals surface area contributed by atoms with Crippen molar-refractivity contribution in [2.45, 2.75) is 26.4 Å². The van der Waals surface area contributed by atoms with Crippen LogP contribution in [-0.2, 0) is 11.3 Å². The molecule has 0 aliphatic rings. The van der Waals surface area contributed by atoms with Gasteiger partial charge in [0.15, 0.2) is 0 Å². The Kier molecular flexibility index (Phi) is 5.41. The number of aliphatic hydroxyl groups is 1. The van der Waals surface area contributed by atoms with Crippen LogP contribution in [0.3, 0.4) is 0 Å². The van der Waals surface area contributed by atoms with Gasteiger partial charge in [-0.05, 0) is 30.5 Å². The van der Waals surface area contributed by atoms with E-state index in [-0.39, 0.29) is 12.6 Å². The molecule has 1 aromatic rings. The molecule has 0 aliphatic heterocycles. The highest BCUT2D eigenvalue weighted by Gasteiger charge is 2.07. The van der Waals surface area contributed by atoms with Crippen LogP contribution >= 0.6 is 0 Å². The van der Waals surface area contributed by atoms with Crippen molar-refractivity contribution in [2.75, 3.05) is 20.3 Å². The molecule has 4 heteroatoms. The van der Waals surface area contributed by atoms with Crippen LogP contribution in [0.2, 0.25) is 0 Å². The van der Waals surface area contributed by atoms with E-state index in [1.54, 1.807) is 7.11 Å². The highest BCUT2D eigenvalue weighted by Crippen LogP contribution is 2.22. The lowest BCUT2D eigenvalue weighted by Crippen LogP contribution is -2.35. The summed E-state index contributed by atoms with van der Waals surface area (Å²) in [5.41, 5.74) is 2.83. The monoisotopic (exact) mass is 239 g/mol. The first-order chi connectivity index (χ1) is 8.08. The van der Waals surface area contributed by atoms with E-state index in [1.807, 2.05) is 26.0 Å². The third-order valence-electron chi connectivity index (χ3n) is 2.73. The molecule has 0 amide bonds. The molecule has 0 bridgehead atoms. The lowest BCUT2D eigenvalue weighted by atomic mass is 10.1. The van der Waals surface area contributed by atoms with Gasteiger partial charge in [-0.3, -0.25) is 0 Å². The van der Waals surface area contributed by atoms with Crippen LogP contribution in [0.4, 0.5) is 0 Å². The van der Waals surface area contributed by atoms with Gasteiger partial charge in [0, 0.05) is 13.7 Å². The van der Waals surface area contributed by atoms with Gasteiger partial charge in [0.1, 0.15) is 5.75 Å². The van der Waals surface area contributed by atoms with Gasteiger partial charge in [-0.1, -0.05) is 12.1 Å². The Labute approximate surface area is 102 Å². The number of hydrogen-bond acceptors (Lipinski definition) is 4. The molecule has 0 saturated carbocycles. The molecule has 1 aromatic carbocycles. The van der Waals surface area contributed by atoms with Crippen molar-refractivity contribution in [1.29, 1.82) is 0 Å². The fourth-order valence-electron chi connectivity index (χ4n) is 1.79. The summed E-state index contributed by atoms with van der Waals surface area (Å²) in [6, 6.07) is 3.82. The number of ether oxygens (including phenoxy) is 1. The Morgan fingerprint density at radius 1 is 1.29 bits per heavy atom. The minimum atomic E-state index is -0.0607. The van der Waals surface area contributed by atoms with Crippen molar-refractivity contribution < 1.29 is 14.9 Å². The fraction of sp³-hybridized carbons (Fsp3) is 0.538. The van der Waals surface area contributed by atoms with Crippen molar-refractivity contribution >= 4 is 0 Å². The molecule has 0 radical (unpaired) electrons. The zero-order chi connectivity index (χ0) is 12.8. The van der Waals surface area contributed by atoms with Crippen LogP contribution in [0, 0.1) is 13.8 Å². The van der Waals surface area contributed by atoms with E-state index < -0.39 is 0 Å². The number of aromatic hydroxyl groups is 1. The third kappa shape index (κ3) is 4.00. The molecule has 17 heavy (non-hydrogen) atoms. The highest BCUT2D eigenvalue weighted by atomic mass is 16.5. The summed E-state index contributed by atoms with van der Waals surface area (Å²) in [4.78, 5) is 0. The number of hydrogen-bond donors (Lipinski definition) is 3. The number of phenols is 1. The largest absolute Gasteiger partial charge is 0.507 e. The first-order valence-electron chi connectivity index (χ1n) is 5.70. The predicted octanol–water partition coefficient (Wildman–Crippen LogP) is 1.11. The second kappa shape index (κ2) is 6.59. The van der Waals surface area contributed by atoms with Crippen LogP contribution in [0.1, 0.15) is 16.7 Å². The zero-order valence-corrected chi connectivity index (χ0v) is 10.7. The second-order valence-corrected chi connectivity index (χ2v) is 4.29. The zero-order valence-electron chi connectivity index (χ0n) is 10.7. The maximum absolute atomic E-state index is 9.66. The summed E-state index contributed by atoms with van der Waals surface area (Å²) in [5.74, 6) is 0.351. The van der Waals surface area contributed by atoms with E-state index in [2.05, 4.69) is 5.32 Å². The second-order valence-electron chi connectivity index (χ2n) is 4.29. The van der Waals surface area contributed by atoms with Gasteiger partial charge in [-0.2, -0.15) is 0 Å². The van der Waals surface area contributed by atoms with Crippen LogP contribution < -0.4 is 5.32 Å². The molecule has 4 nitrogen and oxygen atoms in total. The first kappa shape index (κ1) is 14.0. The minimum Gasteiger partial charge on any atom is -0.507 e. The Balaban J connectivity index is 2.63. The Morgan fingerprint density at radius 2 is 1.88 bits per heavy atom. The summed E-state index contributed by atoms with van der Waals surface area (Å²) in [5, 5.41) is 22.0. The topological polar surface area (TPSA) is 61.7 Å². The molecule has 3 N–H and O–H groups in total. The number of nitrogens with one attached hydrogen (secondary N) is 1. The summed E-state index contributed by atoms with van der Waals surface area (Å²) in [6.07, 6.45) is 0. The summed E-state index contributed by atoms with van der Waals surface area (Å²) >= 11 is 0. The van der Waals surface area contributed by atoms with Gasteiger partial charge in [-0.25, -0.2) is 0 Å². The van der Waals surface area contributed by atoms with Crippen molar-refractivity contribution in [3.8, 4) is 5.75 Å². The molecule has 0 aliphatic carbocycles. The van der Waals surface area contributed by atoms with Crippen molar-refractivity contribution in [1.82, 2.24) is 5.32 Å². The summed E-state index contributed by atoms with van der Waals surface area (Å²) in [6.45, 7) is 4.93. The lowest BCUT2D eigenvalue weighted by Gasteiger charge is -2.16. The molecule has 0 heterocycles. The molecule has 0 aromatic heterocycles. The normalized spacial score (nSPS) is 12.7. The molecule has 1 atom stereocenters. The van der Waals surface area contributed by atoms with Crippen LogP contribution in [0.15, 0.2) is 12.1 Å². The molecule has 1 rings (SSSR count). The molecular weight excluding hydrogens is 218 g/mol. The quantitative estimate of drug-likeness (QED) is 0.696. The predicted molar refractivity (Wildman–Crippen MR) is 67.2 cm³/mol. The lowest BCUT2D eigenvalue weighted by molar-refractivity contribution is 0.128. The summed E-state index contributed by atoms with van der Waals surface area (Å²) in [7, 11) is 1.61. The van der Waals surface area contributed by atoms with E-state index in [9.17, 15) is 5.11 Å². The van der Waals surface area contributed by atoms with Gasteiger partial charge in [-0.15, -0.1) is 0 Å². The smallest absolute Gasteiger partial charge is 0.121 e. The number of aryl methyl sites for hydroxylation is 2. The standard InChI is InChI=1S/C13H21NO3/c1-9-4-11(5-10(2)13(9)16)6-14-12(7-15)8-17-3/h4-5,12,14-16H,6-8H2,1-3H3. The maximum Gasteiger partial charge on any atom is 0.121 e. The van der Waals surface area contributed by atoms with E-state index in [1.165, 1.54) is 0 Å². The molecule has 0 spiro atoms. The minimum absolute atomic E-state index is 0.0455. The van der Waals surface area contributed by atoms with Crippen LogP contribution in [0.5, 0.6) is 5.75 Å².